The van der Waals surface area contributed by atoms with Gasteiger partial charge in [-0.05, 0) is 27.2 Å². The molecule has 0 saturated carbocycles. The zero-order valence-electron chi connectivity index (χ0n) is 12.0. The molecule has 0 aromatic heterocycles. The maximum absolute atomic E-state index is 11.9. The molecule has 0 aromatic rings. The van der Waals surface area contributed by atoms with Crippen molar-refractivity contribution in [3.63, 3.8) is 0 Å². The molecule has 0 aliphatic rings. The molecule has 19 heavy (non-hydrogen) atoms. The number of amides is 2. The maximum Gasteiger partial charge on any atom is 0.408 e. The molecule has 0 aliphatic carbocycles. The van der Waals surface area contributed by atoms with E-state index in [4.69, 9.17) is 9.84 Å². The number of carboxylic acid groups (broad SMARTS) is 1. The van der Waals surface area contributed by atoms with Crippen LogP contribution in [0.2, 0.25) is 0 Å². The van der Waals surface area contributed by atoms with Gasteiger partial charge in [0.2, 0.25) is 5.91 Å². The first-order valence-electron chi connectivity index (χ1n) is 6.03. The summed E-state index contributed by atoms with van der Waals surface area (Å²) < 4.78 is 5.04. The zero-order chi connectivity index (χ0) is 15.2. The standard InChI is InChI=1S/C12H22N2O5/c1-6-8(10(17)14(5)7-9(15)16)13-11(18)19-12(2,3)4/h8H,6-7H2,1-5H3,(H,13,18)(H,15,16)/t8-/m0/s1. The third-order valence-corrected chi connectivity index (χ3v) is 2.15. The monoisotopic (exact) mass is 274 g/mol. The lowest BCUT2D eigenvalue weighted by Crippen LogP contribution is -2.49. The molecule has 0 radical (unpaired) electrons. The summed E-state index contributed by atoms with van der Waals surface area (Å²) in [6.07, 6.45) is -0.349. The van der Waals surface area contributed by atoms with Gasteiger partial charge in [0.05, 0.1) is 0 Å². The SMILES string of the molecule is CC[C@H](NC(=O)OC(C)(C)C)C(=O)N(C)CC(=O)O. The number of nitrogens with zero attached hydrogens (tertiary/aromatic N) is 1. The number of hydrogen-bond donors (Lipinski definition) is 2. The van der Waals surface area contributed by atoms with E-state index in [1.807, 2.05) is 0 Å². The first-order chi connectivity index (χ1) is 8.56. The van der Waals surface area contributed by atoms with Crippen LogP contribution in [-0.4, -0.2) is 53.2 Å². The molecule has 0 rings (SSSR count). The van der Waals surface area contributed by atoms with Gasteiger partial charge in [0.25, 0.3) is 0 Å². The number of carboxylic acids is 1. The Balaban J connectivity index is 4.53. The summed E-state index contributed by atoms with van der Waals surface area (Å²) in [5.74, 6) is -1.57. The van der Waals surface area contributed by atoms with Crippen LogP contribution in [0, 0.1) is 0 Å². The molecular formula is C12H22N2O5. The van der Waals surface area contributed by atoms with Crippen LogP contribution in [0.3, 0.4) is 0 Å². The Labute approximate surface area is 112 Å². The quantitative estimate of drug-likeness (QED) is 0.774. The minimum atomic E-state index is -1.11. The van der Waals surface area contributed by atoms with Gasteiger partial charge in [-0.1, -0.05) is 6.92 Å². The van der Waals surface area contributed by atoms with Crippen LogP contribution in [0.15, 0.2) is 0 Å². The predicted octanol–water partition coefficient (Wildman–Crippen LogP) is 0.833. The Morgan fingerprint density at radius 2 is 1.84 bits per heavy atom. The normalized spacial score (nSPS) is 12.5. The third kappa shape index (κ3) is 7.28. The fourth-order valence-corrected chi connectivity index (χ4v) is 1.34. The van der Waals surface area contributed by atoms with Crippen molar-refractivity contribution in [3.05, 3.63) is 0 Å². The summed E-state index contributed by atoms with van der Waals surface area (Å²) in [7, 11) is 1.37. The van der Waals surface area contributed by atoms with Crippen molar-refractivity contribution in [3.8, 4) is 0 Å². The van der Waals surface area contributed by atoms with E-state index in [9.17, 15) is 14.4 Å². The summed E-state index contributed by atoms with van der Waals surface area (Å²) in [6.45, 7) is 6.45. The van der Waals surface area contributed by atoms with E-state index in [1.165, 1.54) is 7.05 Å². The highest BCUT2D eigenvalue weighted by Gasteiger charge is 2.25. The molecule has 0 fully saturated rings. The van der Waals surface area contributed by atoms with Gasteiger partial charge in [-0.25, -0.2) is 4.79 Å². The van der Waals surface area contributed by atoms with Crippen LogP contribution >= 0.6 is 0 Å². The summed E-state index contributed by atoms with van der Waals surface area (Å²) in [6, 6.07) is -0.792. The number of likely N-dealkylation sites (N-methyl/N-ethyl adjacent to an activating group) is 1. The lowest BCUT2D eigenvalue weighted by atomic mass is 10.2. The Bertz CT molecular complexity index is 349. The van der Waals surface area contributed by atoms with Gasteiger partial charge in [-0.2, -0.15) is 0 Å². The second-order valence-electron chi connectivity index (χ2n) is 5.20. The number of hydrogen-bond acceptors (Lipinski definition) is 4. The third-order valence-electron chi connectivity index (χ3n) is 2.15. The van der Waals surface area contributed by atoms with Gasteiger partial charge < -0.3 is 20.1 Å². The molecule has 0 spiro atoms. The van der Waals surface area contributed by atoms with Gasteiger partial charge >= 0.3 is 12.1 Å². The van der Waals surface area contributed by atoms with Crippen molar-refractivity contribution in [1.29, 1.82) is 0 Å². The summed E-state index contributed by atoms with van der Waals surface area (Å²) >= 11 is 0. The molecule has 110 valence electrons. The van der Waals surface area contributed by atoms with Crippen LogP contribution in [0.25, 0.3) is 0 Å². The van der Waals surface area contributed by atoms with Crippen LogP contribution in [0.1, 0.15) is 34.1 Å². The second kappa shape index (κ2) is 6.96. The van der Waals surface area contributed by atoms with E-state index in [0.717, 1.165) is 4.90 Å². The Kier molecular flexibility index (Phi) is 6.31. The highest BCUT2D eigenvalue weighted by Crippen LogP contribution is 2.07. The van der Waals surface area contributed by atoms with Crippen molar-refractivity contribution in [2.24, 2.45) is 0 Å². The topological polar surface area (TPSA) is 95.9 Å². The molecular weight excluding hydrogens is 252 g/mol. The minimum absolute atomic E-state index is 0.349. The number of carbonyl (C=O) groups excluding carboxylic acids is 2. The first-order valence-corrected chi connectivity index (χ1v) is 6.03. The molecule has 0 saturated heterocycles. The van der Waals surface area contributed by atoms with Gasteiger partial charge in [-0.3, -0.25) is 9.59 Å². The highest BCUT2D eigenvalue weighted by atomic mass is 16.6. The predicted molar refractivity (Wildman–Crippen MR) is 68.7 cm³/mol. The number of alkyl carbamates (subject to hydrolysis) is 1. The largest absolute Gasteiger partial charge is 0.480 e. The number of carbonyl (C=O) groups is 3. The van der Waals surface area contributed by atoms with E-state index >= 15 is 0 Å². The van der Waals surface area contributed by atoms with Crippen molar-refractivity contribution < 1.29 is 24.2 Å². The van der Waals surface area contributed by atoms with Crippen LogP contribution < -0.4 is 5.32 Å². The molecule has 0 aromatic carbocycles. The molecule has 0 bridgehead atoms. The van der Waals surface area contributed by atoms with Gasteiger partial charge in [0.15, 0.2) is 0 Å². The van der Waals surface area contributed by atoms with Crippen molar-refractivity contribution in [1.82, 2.24) is 10.2 Å². The first kappa shape index (κ1) is 17.2. The highest BCUT2D eigenvalue weighted by molar-refractivity contribution is 5.87. The number of ether oxygens (including phenoxy) is 1. The smallest absolute Gasteiger partial charge is 0.408 e. The Hall–Kier alpha value is -1.79. The fraction of sp³-hybridized carbons (Fsp3) is 0.750. The van der Waals surface area contributed by atoms with Crippen molar-refractivity contribution in [2.75, 3.05) is 13.6 Å². The van der Waals surface area contributed by atoms with Crippen LogP contribution in [0.5, 0.6) is 0 Å². The van der Waals surface area contributed by atoms with Crippen LogP contribution in [0.4, 0.5) is 4.79 Å². The molecule has 0 aliphatic heterocycles. The van der Waals surface area contributed by atoms with Gasteiger partial charge in [-0.15, -0.1) is 0 Å². The second-order valence-corrected chi connectivity index (χ2v) is 5.20. The van der Waals surface area contributed by atoms with E-state index in [0.29, 0.717) is 6.42 Å². The van der Waals surface area contributed by atoms with Gasteiger partial charge in [0, 0.05) is 7.05 Å². The van der Waals surface area contributed by atoms with E-state index < -0.39 is 36.2 Å². The lowest BCUT2D eigenvalue weighted by molar-refractivity contribution is -0.144. The Morgan fingerprint density at radius 3 is 2.21 bits per heavy atom. The minimum Gasteiger partial charge on any atom is -0.480 e. The molecule has 2 N–H and O–H groups in total. The molecule has 1 atom stereocenters. The van der Waals surface area contributed by atoms with Crippen LogP contribution in [-0.2, 0) is 14.3 Å². The molecule has 7 nitrogen and oxygen atoms in total. The average molecular weight is 274 g/mol. The average Bonchev–Trinajstić information content (AvgIpc) is 2.21. The number of nitrogens with one attached hydrogen (secondary N) is 1. The number of aliphatic carboxylic acids is 1. The Morgan fingerprint density at radius 1 is 1.32 bits per heavy atom. The zero-order valence-corrected chi connectivity index (χ0v) is 12.0. The molecule has 0 heterocycles. The van der Waals surface area contributed by atoms with E-state index in [1.54, 1.807) is 27.7 Å². The van der Waals surface area contributed by atoms with E-state index in [-0.39, 0.29) is 0 Å². The van der Waals surface area contributed by atoms with Crippen molar-refractivity contribution >= 4 is 18.0 Å². The summed E-state index contributed by atoms with van der Waals surface area (Å²) in [4.78, 5) is 35.0. The summed E-state index contributed by atoms with van der Waals surface area (Å²) in [5.41, 5.74) is -0.654. The molecule has 2 amide bonds. The van der Waals surface area contributed by atoms with Crippen molar-refractivity contribution in [2.45, 2.75) is 45.8 Å². The number of rotatable bonds is 5. The summed E-state index contributed by atoms with van der Waals surface area (Å²) in [5, 5.41) is 11.0. The fourth-order valence-electron chi connectivity index (χ4n) is 1.34. The molecule has 7 heteroatoms. The van der Waals surface area contributed by atoms with Gasteiger partial charge in [0.1, 0.15) is 18.2 Å². The van der Waals surface area contributed by atoms with E-state index in [2.05, 4.69) is 5.32 Å². The lowest BCUT2D eigenvalue weighted by Gasteiger charge is -2.25. The maximum atomic E-state index is 11.9. The molecule has 0 unspecified atom stereocenters.